The summed E-state index contributed by atoms with van der Waals surface area (Å²) in [5.74, 6) is 0. The van der Waals surface area contributed by atoms with E-state index in [1.165, 1.54) is 113 Å². The van der Waals surface area contributed by atoms with Crippen molar-refractivity contribution in [1.29, 1.82) is 0 Å². The van der Waals surface area contributed by atoms with Crippen LogP contribution in [0.2, 0.25) is 0 Å². The summed E-state index contributed by atoms with van der Waals surface area (Å²) in [5, 5.41) is 5.72. The van der Waals surface area contributed by atoms with Gasteiger partial charge >= 0.3 is 0 Å². The predicted octanol–water partition coefficient (Wildman–Crippen LogP) is 16.2. The van der Waals surface area contributed by atoms with Gasteiger partial charge in [-0.15, -0.1) is 0 Å². The van der Waals surface area contributed by atoms with Gasteiger partial charge in [0.25, 0.3) is 0 Å². The number of benzene rings is 9. The second kappa shape index (κ2) is 17.1. The standard InChI is InChI=1S/C70H67NSi/c1-67(2)41-43-69(5,6)61-45-49(34-39-59(61)67)48-31-36-52(37-32-48)71(63-28-18-15-25-55(63)50-35-40-60-62(46-50)70(7,8)44-42-68(60,3)4)64-29-19-16-26-56(64)51-33-38-58-57-27-17-20-30-65(57)72(66(58)47-51,53-21-11-9-12-22-53)54-23-13-10-14-24-54/h9-40,45-47H,41-44H2,1-8H3. The SMILES string of the molecule is CC1(C)CCC(C)(C)c2cc(-c3ccc(N(c4ccccc4-c4ccc5c(c4)C(C)(C)CCC5(C)C)c4ccccc4-c4ccc5c(c4)[Si](c4ccccc4)(c4ccccc4)c4ccccc4-5)cc3)ccc21. The zero-order valence-corrected chi connectivity index (χ0v) is 44.5. The van der Waals surface area contributed by atoms with Crippen molar-refractivity contribution >= 4 is 45.9 Å². The Bertz CT molecular complexity index is 3480. The fourth-order valence-corrected chi connectivity index (χ4v) is 18.4. The van der Waals surface area contributed by atoms with Crippen LogP contribution in [0.1, 0.15) is 103 Å². The average Bonchev–Trinajstić information content (AvgIpc) is 3.70. The molecule has 0 spiro atoms. The summed E-state index contributed by atoms with van der Waals surface area (Å²) >= 11 is 0. The predicted molar refractivity (Wildman–Crippen MR) is 311 cm³/mol. The lowest BCUT2D eigenvalue weighted by molar-refractivity contribution is 0.332. The van der Waals surface area contributed by atoms with Gasteiger partial charge in [-0.05, 0) is 148 Å². The van der Waals surface area contributed by atoms with Gasteiger partial charge < -0.3 is 4.90 Å². The highest BCUT2D eigenvalue weighted by Crippen LogP contribution is 2.51. The van der Waals surface area contributed by atoms with Gasteiger partial charge in [-0.3, -0.25) is 0 Å². The fourth-order valence-electron chi connectivity index (χ4n) is 13.2. The quantitative estimate of drug-likeness (QED) is 0.137. The highest BCUT2D eigenvalue weighted by atomic mass is 28.3. The zero-order chi connectivity index (χ0) is 49.6. The molecular weight excluding hydrogens is 883 g/mol. The van der Waals surface area contributed by atoms with E-state index in [0.29, 0.717) is 0 Å². The Balaban J connectivity index is 1.06. The molecule has 356 valence electrons. The lowest BCUT2D eigenvalue weighted by Gasteiger charge is -2.42. The highest BCUT2D eigenvalue weighted by Gasteiger charge is 2.49. The van der Waals surface area contributed by atoms with Gasteiger partial charge in [0.05, 0.1) is 11.4 Å². The minimum atomic E-state index is -2.73. The van der Waals surface area contributed by atoms with E-state index in [2.05, 4.69) is 273 Å². The van der Waals surface area contributed by atoms with E-state index < -0.39 is 8.07 Å². The average molecular weight is 950 g/mol. The Hall–Kier alpha value is -7.00. The summed E-state index contributed by atoms with van der Waals surface area (Å²) in [7, 11) is -2.73. The first-order chi connectivity index (χ1) is 34.7. The molecule has 2 heteroatoms. The summed E-state index contributed by atoms with van der Waals surface area (Å²) in [5.41, 5.74) is 20.0. The van der Waals surface area contributed by atoms with E-state index in [0.717, 1.165) is 17.1 Å². The molecule has 0 saturated heterocycles. The van der Waals surface area contributed by atoms with Crippen LogP contribution in [0.5, 0.6) is 0 Å². The van der Waals surface area contributed by atoms with E-state index in [1.54, 1.807) is 0 Å². The fraction of sp³-hybridized carbons (Fsp3) is 0.229. The summed E-state index contributed by atoms with van der Waals surface area (Å²) < 4.78 is 0. The monoisotopic (exact) mass is 950 g/mol. The first kappa shape index (κ1) is 46.1. The molecule has 0 fully saturated rings. The summed E-state index contributed by atoms with van der Waals surface area (Å²) in [6.07, 6.45) is 4.78. The van der Waals surface area contributed by atoms with Gasteiger partial charge in [0.1, 0.15) is 0 Å². The van der Waals surface area contributed by atoms with Gasteiger partial charge in [-0.1, -0.05) is 243 Å². The second-order valence-electron chi connectivity index (χ2n) is 23.8. The molecule has 1 heterocycles. The van der Waals surface area contributed by atoms with Crippen molar-refractivity contribution in [3.63, 3.8) is 0 Å². The second-order valence-corrected chi connectivity index (χ2v) is 27.5. The lowest BCUT2D eigenvalue weighted by Crippen LogP contribution is -2.72. The minimum absolute atomic E-state index is 0.0881. The smallest absolute Gasteiger partial charge is 0.180 e. The minimum Gasteiger partial charge on any atom is -0.309 e. The third-order valence-electron chi connectivity index (χ3n) is 17.5. The topological polar surface area (TPSA) is 3.24 Å². The van der Waals surface area contributed by atoms with Crippen LogP contribution in [-0.4, -0.2) is 8.07 Å². The van der Waals surface area contributed by atoms with Gasteiger partial charge in [0.15, 0.2) is 8.07 Å². The molecule has 3 aliphatic rings. The van der Waals surface area contributed by atoms with Crippen molar-refractivity contribution in [2.75, 3.05) is 4.90 Å². The summed E-state index contributed by atoms with van der Waals surface area (Å²) in [6.45, 7) is 19.4. The van der Waals surface area contributed by atoms with E-state index in [4.69, 9.17) is 0 Å². The molecule has 0 unspecified atom stereocenters. The van der Waals surface area contributed by atoms with Gasteiger partial charge in [-0.2, -0.15) is 0 Å². The van der Waals surface area contributed by atoms with Gasteiger partial charge in [0.2, 0.25) is 0 Å². The molecule has 0 saturated carbocycles. The van der Waals surface area contributed by atoms with Crippen LogP contribution in [0.25, 0.3) is 44.5 Å². The third-order valence-corrected chi connectivity index (χ3v) is 22.4. The molecule has 12 rings (SSSR count). The first-order valence-electron chi connectivity index (χ1n) is 26.4. The number of hydrogen-bond donors (Lipinski definition) is 0. The van der Waals surface area contributed by atoms with Crippen LogP contribution in [0.15, 0.2) is 212 Å². The zero-order valence-electron chi connectivity index (χ0n) is 43.5. The van der Waals surface area contributed by atoms with Crippen molar-refractivity contribution in [2.24, 2.45) is 0 Å². The molecular formula is C70H67NSi. The first-order valence-corrected chi connectivity index (χ1v) is 28.4. The molecule has 9 aromatic carbocycles. The Morgan fingerprint density at radius 3 is 1.24 bits per heavy atom. The van der Waals surface area contributed by atoms with E-state index in [9.17, 15) is 0 Å². The number of fused-ring (bicyclic) bond motifs is 5. The maximum Gasteiger partial charge on any atom is 0.180 e. The molecule has 0 atom stereocenters. The van der Waals surface area contributed by atoms with Crippen LogP contribution in [-0.2, 0) is 21.7 Å². The summed E-state index contributed by atoms with van der Waals surface area (Å²) in [6, 6.07) is 81.6. The van der Waals surface area contributed by atoms with Crippen LogP contribution in [0.3, 0.4) is 0 Å². The summed E-state index contributed by atoms with van der Waals surface area (Å²) in [4.78, 5) is 2.54. The number of anilines is 3. The number of rotatable bonds is 8. The maximum atomic E-state index is 2.57. The van der Waals surface area contributed by atoms with Crippen molar-refractivity contribution in [3.8, 4) is 44.5 Å². The van der Waals surface area contributed by atoms with Crippen molar-refractivity contribution in [3.05, 3.63) is 235 Å². The molecule has 72 heavy (non-hydrogen) atoms. The molecule has 0 N–H and O–H groups in total. The Morgan fingerprint density at radius 1 is 0.306 bits per heavy atom. The molecule has 1 nitrogen and oxygen atoms in total. The molecule has 2 aliphatic carbocycles. The molecule has 9 aromatic rings. The van der Waals surface area contributed by atoms with Crippen LogP contribution < -0.4 is 25.6 Å². The van der Waals surface area contributed by atoms with Crippen molar-refractivity contribution in [1.82, 2.24) is 0 Å². The Morgan fingerprint density at radius 2 is 0.694 bits per heavy atom. The van der Waals surface area contributed by atoms with Crippen LogP contribution in [0, 0.1) is 0 Å². The van der Waals surface area contributed by atoms with Crippen LogP contribution >= 0.6 is 0 Å². The van der Waals surface area contributed by atoms with Crippen molar-refractivity contribution in [2.45, 2.75) is 103 Å². The van der Waals surface area contributed by atoms with E-state index in [1.807, 2.05) is 0 Å². The highest BCUT2D eigenvalue weighted by molar-refractivity contribution is 7.22. The van der Waals surface area contributed by atoms with Crippen LogP contribution in [0.4, 0.5) is 17.1 Å². The number of para-hydroxylation sites is 2. The maximum absolute atomic E-state index is 2.73. The Kier molecular flexibility index (Phi) is 10.9. The molecule has 0 radical (unpaired) electrons. The van der Waals surface area contributed by atoms with E-state index in [-0.39, 0.29) is 21.7 Å². The van der Waals surface area contributed by atoms with E-state index >= 15 is 0 Å². The normalized spacial score (nSPS) is 17.2. The molecule has 0 amide bonds. The van der Waals surface area contributed by atoms with Gasteiger partial charge in [-0.25, -0.2) is 0 Å². The molecule has 1 aliphatic heterocycles. The molecule has 0 aromatic heterocycles. The third kappa shape index (κ3) is 7.39. The van der Waals surface area contributed by atoms with Crippen molar-refractivity contribution < 1.29 is 0 Å². The molecule has 0 bridgehead atoms. The Labute approximate surface area is 430 Å². The van der Waals surface area contributed by atoms with Gasteiger partial charge in [0, 0.05) is 16.8 Å². The largest absolute Gasteiger partial charge is 0.309 e. The lowest BCUT2D eigenvalue weighted by atomic mass is 9.63. The number of nitrogens with zero attached hydrogens (tertiary/aromatic N) is 1. The number of hydrogen-bond acceptors (Lipinski definition) is 1.